The number of benzene rings is 1. The zero-order chi connectivity index (χ0) is 12.4. The highest BCUT2D eigenvalue weighted by atomic mass is 16.3. The standard InChI is InChI=1S/C13H18N2O2/c1-3-4-5-12(16)9-7-11-10(6-8(9)2)14-13(17)15-11/h6-7,12,16H,3-5H2,1-2H3,(H2,14,15,17). The lowest BCUT2D eigenvalue weighted by atomic mass is 9.99. The SMILES string of the molecule is CCCCC(O)c1cc2[nH]c(=O)[nH]c2cc1C. The Labute approximate surface area is 99.7 Å². The van der Waals surface area contributed by atoms with Crippen LogP contribution in [0.2, 0.25) is 0 Å². The van der Waals surface area contributed by atoms with E-state index in [1.807, 2.05) is 19.1 Å². The number of aliphatic hydroxyl groups is 1. The summed E-state index contributed by atoms with van der Waals surface area (Å²) < 4.78 is 0. The molecule has 0 saturated carbocycles. The fourth-order valence-corrected chi connectivity index (χ4v) is 2.12. The zero-order valence-electron chi connectivity index (χ0n) is 10.2. The van der Waals surface area contributed by atoms with Crippen molar-refractivity contribution in [2.45, 2.75) is 39.2 Å². The number of H-pyrrole nitrogens is 2. The van der Waals surface area contributed by atoms with Crippen LogP contribution in [0.1, 0.15) is 43.4 Å². The van der Waals surface area contributed by atoms with Crippen LogP contribution in [-0.2, 0) is 0 Å². The number of hydrogen-bond donors (Lipinski definition) is 3. The second kappa shape index (κ2) is 4.75. The molecule has 1 unspecified atom stereocenters. The number of rotatable bonds is 4. The number of aliphatic hydroxyl groups excluding tert-OH is 1. The van der Waals surface area contributed by atoms with Gasteiger partial charge in [-0.25, -0.2) is 4.79 Å². The summed E-state index contributed by atoms with van der Waals surface area (Å²) in [6.07, 6.45) is 2.39. The van der Waals surface area contributed by atoms with Crippen molar-refractivity contribution in [2.75, 3.05) is 0 Å². The fraction of sp³-hybridized carbons (Fsp3) is 0.462. The lowest BCUT2D eigenvalue weighted by Gasteiger charge is -2.13. The minimum absolute atomic E-state index is 0.209. The Balaban J connectivity index is 2.39. The Bertz CT molecular complexity index is 568. The molecule has 0 aliphatic rings. The Hall–Kier alpha value is -1.55. The van der Waals surface area contributed by atoms with Crippen molar-refractivity contribution in [3.8, 4) is 0 Å². The molecule has 0 amide bonds. The molecule has 17 heavy (non-hydrogen) atoms. The van der Waals surface area contributed by atoms with Gasteiger partial charge in [0.2, 0.25) is 0 Å². The number of fused-ring (bicyclic) bond motifs is 1. The van der Waals surface area contributed by atoms with Crippen LogP contribution in [0.3, 0.4) is 0 Å². The van der Waals surface area contributed by atoms with Crippen LogP contribution in [0.4, 0.5) is 0 Å². The Morgan fingerprint density at radius 1 is 1.29 bits per heavy atom. The molecule has 92 valence electrons. The van der Waals surface area contributed by atoms with E-state index in [1.165, 1.54) is 0 Å². The van der Waals surface area contributed by atoms with Crippen molar-refractivity contribution in [3.05, 3.63) is 33.7 Å². The van der Waals surface area contributed by atoms with Gasteiger partial charge in [-0.3, -0.25) is 0 Å². The van der Waals surface area contributed by atoms with Crippen molar-refractivity contribution >= 4 is 11.0 Å². The second-order valence-electron chi connectivity index (χ2n) is 4.49. The quantitative estimate of drug-likeness (QED) is 0.760. The molecule has 4 heteroatoms. The fourth-order valence-electron chi connectivity index (χ4n) is 2.12. The molecule has 1 aromatic heterocycles. The first kappa shape index (κ1) is 11.9. The molecule has 1 atom stereocenters. The van der Waals surface area contributed by atoms with Gasteiger partial charge in [0.25, 0.3) is 0 Å². The molecule has 2 aromatic rings. The molecule has 2 rings (SSSR count). The first-order valence-corrected chi connectivity index (χ1v) is 6.02. The van der Waals surface area contributed by atoms with Crippen molar-refractivity contribution < 1.29 is 5.11 Å². The van der Waals surface area contributed by atoms with Crippen molar-refractivity contribution in [3.63, 3.8) is 0 Å². The number of hydrogen-bond acceptors (Lipinski definition) is 2. The lowest BCUT2D eigenvalue weighted by molar-refractivity contribution is 0.163. The van der Waals surface area contributed by atoms with Gasteiger partial charge in [0.15, 0.2) is 0 Å². The number of nitrogens with one attached hydrogen (secondary N) is 2. The van der Waals surface area contributed by atoms with Gasteiger partial charge in [-0.2, -0.15) is 0 Å². The Kier molecular flexibility index (Phi) is 3.33. The summed E-state index contributed by atoms with van der Waals surface area (Å²) in [6, 6.07) is 3.76. The van der Waals surface area contributed by atoms with E-state index in [0.29, 0.717) is 0 Å². The topological polar surface area (TPSA) is 68.9 Å². The summed E-state index contributed by atoms with van der Waals surface area (Å²) in [4.78, 5) is 16.6. The third-order valence-corrected chi connectivity index (χ3v) is 3.09. The maximum Gasteiger partial charge on any atom is 0.323 e. The van der Waals surface area contributed by atoms with Crippen LogP contribution in [0.25, 0.3) is 11.0 Å². The molecule has 0 spiro atoms. The first-order chi connectivity index (χ1) is 8.11. The van der Waals surface area contributed by atoms with Gasteiger partial charge in [0.05, 0.1) is 17.1 Å². The zero-order valence-corrected chi connectivity index (χ0v) is 10.2. The van der Waals surface area contributed by atoms with Gasteiger partial charge >= 0.3 is 5.69 Å². The largest absolute Gasteiger partial charge is 0.388 e. The predicted molar refractivity (Wildman–Crippen MR) is 68.1 cm³/mol. The highest BCUT2D eigenvalue weighted by Crippen LogP contribution is 2.25. The average Bonchev–Trinajstić information content (AvgIpc) is 2.64. The van der Waals surface area contributed by atoms with Crippen LogP contribution in [0.5, 0.6) is 0 Å². The normalized spacial score (nSPS) is 13.1. The van der Waals surface area contributed by atoms with Crippen molar-refractivity contribution in [2.24, 2.45) is 0 Å². The second-order valence-corrected chi connectivity index (χ2v) is 4.49. The summed E-state index contributed by atoms with van der Waals surface area (Å²) in [5, 5.41) is 10.1. The monoisotopic (exact) mass is 234 g/mol. The number of aromatic amines is 2. The van der Waals surface area contributed by atoms with Crippen molar-refractivity contribution in [1.82, 2.24) is 9.97 Å². The minimum Gasteiger partial charge on any atom is -0.388 e. The van der Waals surface area contributed by atoms with E-state index in [0.717, 1.165) is 41.4 Å². The van der Waals surface area contributed by atoms with Crippen molar-refractivity contribution in [1.29, 1.82) is 0 Å². The molecule has 1 heterocycles. The summed E-state index contributed by atoms with van der Waals surface area (Å²) in [5.41, 5.74) is 3.25. The highest BCUT2D eigenvalue weighted by Gasteiger charge is 2.12. The van der Waals surface area contributed by atoms with Crippen LogP contribution < -0.4 is 5.69 Å². The number of aromatic nitrogens is 2. The van der Waals surface area contributed by atoms with Gasteiger partial charge in [-0.15, -0.1) is 0 Å². The average molecular weight is 234 g/mol. The Morgan fingerprint density at radius 2 is 1.94 bits per heavy atom. The molecule has 0 aliphatic carbocycles. The number of imidazole rings is 1. The van der Waals surface area contributed by atoms with E-state index in [1.54, 1.807) is 0 Å². The van der Waals surface area contributed by atoms with Gasteiger partial charge in [-0.1, -0.05) is 19.8 Å². The lowest BCUT2D eigenvalue weighted by Crippen LogP contribution is -2.00. The summed E-state index contributed by atoms with van der Waals surface area (Å²) in [6.45, 7) is 4.06. The molecular weight excluding hydrogens is 216 g/mol. The molecule has 3 N–H and O–H groups in total. The van der Waals surface area contributed by atoms with E-state index in [9.17, 15) is 9.90 Å². The first-order valence-electron chi connectivity index (χ1n) is 6.02. The smallest absolute Gasteiger partial charge is 0.323 e. The third-order valence-electron chi connectivity index (χ3n) is 3.09. The number of unbranched alkanes of at least 4 members (excludes halogenated alkanes) is 1. The van der Waals surface area contributed by atoms with E-state index >= 15 is 0 Å². The maximum atomic E-state index is 11.2. The van der Waals surface area contributed by atoms with Crippen LogP contribution in [0.15, 0.2) is 16.9 Å². The highest BCUT2D eigenvalue weighted by molar-refractivity contribution is 5.76. The molecule has 0 bridgehead atoms. The van der Waals surface area contributed by atoms with Crippen LogP contribution >= 0.6 is 0 Å². The molecular formula is C13H18N2O2. The summed E-state index contributed by atoms with van der Waals surface area (Å²) in [7, 11) is 0. The molecule has 0 aliphatic heterocycles. The summed E-state index contributed by atoms with van der Waals surface area (Å²) >= 11 is 0. The van der Waals surface area contributed by atoms with Crippen LogP contribution in [-0.4, -0.2) is 15.1 Å². The van der Waals surface area contributed by atoms with Gasteiger partial charge in [0, 0.05) is 0 Å². The van der Waals surface area contributed by atoms with Crippen LogP contribution in [0, 0.1) is 6.92 Å². The van der Waals surface area contributed by atoms with E-state index in [2.05, 4.69) is 16.9 Å². The van der Waals surface area contributed by atoms with Gasteiger partial charge < -0.3 is 15.1 Å². The molecule has 0 fully saturated rings. The molecule has 0 radical (unpaired) electrons. The number of aryl methyl sites for hydroxylation is 1. The van der Waals surface area contributed by atoms with E-state index < -0.39 is 6.10 Å². The Morgan fingerprint density at radius 3 is 2.59 bits per heavy atom. The van der Waals surface area contributed by atoms with E-state index in [4.69, 9.17) is 0 Å². The third kappa shape index (κ3) is 2.42. The predicted octanol–water partition coefficient (Wildman–Crippen LogP) is 2.39. The minimum atomic E-state index is -0.447. The summed E-state index contributed by atoms with van der Waals surface area (Å²) in [5.74, 6) is 0. The molecule has 1 aromatic carbocycles. The van der Waals surface area contributed by atoms with E-state index in [-0.39, 0.29) is 5.69 Å². The molecule has 0 saturated heterocycles. The maximum absolute atomic E-state index is 11.2. The van der Waals surface area contributed by atoms with Gasteiger partial charge in [-0.05, 0) is 36.6 Å². The molecule has 4 nitrogen and oxygen atoms in total. The van der Waals surface area contributed by atoms with Gasteiger partial charge in [0.1, 0.15) is 0 Å².